The van der Waals surface area contributed by atoms with Crippen molar-refractivity contribution in [2.24, 2.45) is 4.99 Å². The third-order valence-electron chi connectivity index (χ3n) is 3.48. The second-order valence-corrected chi connectivity index (χ2v) is 5.12. The number of nitrogens with one attached hydrogen (secondary N) is 2. The molecule has 6 heteroatoms. The topological polar surface area (TPSA) is 62.5 Å². The van der Waals surface area contributed by atoms with Crippen LogP contribution in [0.15, 0.2) is 64.3 Å². The van der Waals surface area contributed by atoms with E-state index in [1.807, 2.05) is 37.4 Å². The van der Waals surface area contributed by atoms with Crippen LogP contribution in [0.2, 0.25) is 0 Å². The number of hydrogen-bond acceptors (Lipinski definition) is 3. The van der Waals surface area contributed by atoms with Gasteiger partial charge >= 0.3 is 0 Å². The fourth-order valence-electron chi connectivity index (χ4n) is 2.38. The van der Waals surface area contributed by atoms with Crippen LogP contribution in [-0.4, -0.2) is 17.5 Å². The first kappa shape index (κ1) is 18.3. The van der Waals surface area contributed by atoms with Gasteiger partial charge in [-0.05, 0) is 30.7 Å². The van der Waals surface area contributed by atoms with E-state index in [1.165, 1.54) is 0 Å². The SMILES string of the molecule is CCNC(=NCc1cccc2cccnc12)NCc1ccco1.I. The molecule has 3 rings (SSSR count). The first-order valence-electron chi connectivity index (χ1n) is 7.74. The van der Waals surface area contributed by atoms with Gasteiger partial charge in [0.15, 0.2) is 5.96 Å². The smallest absolute Gasteiger partial charge is 0.191 e. The van der Waals surface area contributed by atoms with Crippen molar-refractivity contribution in [1.82, 2.24) is 15.6 Å². The van der Waals surface area contributed by atoms with Gasteiger partial charge in [-0.3, -0.25) is 4.98 Å². The summed E-state index contributed by atoms with van der Waals surface area (Å²) in [5.41, 5.74) is 2.11. The molecular formula is C18H21IN4O. The molecule has 0 unspecified atom stereocenters. The van der Waals surface area contributed by atoms with Crippen molar-refractivity contribution in [2.45, 2.75) is 20.0 Å². The molecular weight excluding hydrogens is 415 g/mol. The van der Waals surface area contributed by atoms with Gasteiger partial charge < -0.3 is 15.1 Å². The summed E-state index contributed by atoms with van der Waals surface area (Å²) in [7, 11) is 0. The van der Waals surface area contributed by atoms with E-state index in [2.05, 4.69) is 38.8 Å². The predicted molar refractivity (Wildman–Crippen MR) is 108 cm³/mol. The van der Waals surface area contributed by atoms with Crippen molar-refractivity contribution >= 4 is 40.8 Å². The van der Waals surface area contributed by atoms with Crippen LogP contribution in [-0.2, 0) is 13.1 Å². The molecule has 0 bridgehead atoms. The molecule has 1 aromatic carbocycles. The zero-order valence-corrected chi connectivity index (χ0v) is 15.9. The Hall–Kier alpha value is -2.09. The average molecular weight is 436 g/mol. The molecule has 2 aromatic heterocycles. The van der Waals surface area contributed by atoms with Crippen molar-refractivity contribution in [3.8, 4) is 0 Å². The van der Waals surface area contributed by atoms with Crippen molar-refractivity contribution in [3.63, 3.8) is 0 Å². The van der Waals surface area contributed by atoms with Crippen LogP contribution in [0.1, 0.15) is 18.2 Å². The number of aromatic nitrogens is 1. The number of nitrogens with zero attached hydrogens (tertiary/aromatic N) is 2. The number of guanidine groups is 1. The van der Waals surface area contributed by atoms with Gasteiger partial charge in [0.1, 0.15) is 5.76 Å². The highest BCUT2D eigenvalue weighted by atomic mass is 127. The maximum atomic E-state index is 5.33. The number of rotatable bonds is 5. The average Bonchev–Trinajstić information content (AvgIpc) is 3.11. The summed E-state index contributed by atoms with van der Waals surface area (Å²) in [6.45, 7) is 4.02. The zero-order valence-electron chi connectivity index (χ0n) is 13.5. The Balaban J connectivity index is 0.00000208. The fourth-order valence-corrected chi connectivity index (χ4v) is 2.38. The Morgan fingerprint density at radius 1 is 1.12 bits per heavy atom. The molecule has 126 valence electrons. The van der Waals surface area contributed by atoms with Gasteiger partial charge in [0.2, 0.25) is 0 Å². The lowest BCUT2D eigenvalue weighted by molar-refractivity contribution is 0.501. The minimum Gasteiger partial charge on any atom is -0.467 e. The molecule has 0 spiro atoms. The largest absolute Gasteiger partial charge is 0.467 e. The summed E-state index contributed by atoms with van der Waals surface area (Å²) in [5, 5.41) is 7.64. The van der Waals surface area contributed by atoms with E-state index < -0.39 is 0 Å². The number of hydrogen-bond donors (Lipinski definition) is 2. The Morgan fingerprint density at radius 2 is 2.00 bits per heavy atom. The monoisotopic (exact) mass is 436 g/mol. The van der Waals surface area contributed by atoms with Crippen molar-refractivity contribution in [3.05, 3.63) is 66.2 Å². The number of fused-ring (bicyclic) bond motifs is 1. The van der Waals surface area contributed by atoms with E-state index in [-0.39, 0.29) is 24.0 Å². The third kappa shape index (κ3) is 4.70. The molecule has 0 aliphatic heterocycles. The van der Waals surface area contributed by atoms with Crippen molar-refractivity contribution in [2.75, 3.05) is 6.54 Å². The minimum atomic E-state index is 0. The Kier molecular flexibility index (Phi) is 7.05. The molecule has 0 atom stereocenters. The van der Waals surface area contributed by atoms with E-state index in [1.54, 1.807) is 6.26 Å². The molecule has 0 saturated heterocycles. The molecule has 3 aromatic rings. The van der Waals surface area contributed by atoms with E-state index in [4.69, 9.17) is 4.42 Å². The molecule has 0 radical (unpaired) electrons. The summed E-state index contributed by atoms with van der Waals surface area (Å²) in [4.78, 5) is 9.11. The second-order valence-electron chi connectivity index (χ2n) is 5.12. The number of benzene rings is 1. The predicted octanol–water partition coefficient (Wildman–Crippen LogP) is 3.70. The highest BCUT2D eigenvalue weighted by Gasteiger charge is 2.03. The molecule has 2 N–H and O–H groups in total. The Bertz CT molecular complexity index is 781. The van der Waals surface area contributed by atoms with Gasteiger partial charge in [0.25, 0.3) is 0 Å². The summed E-state index contributed by atoms with van der Waals surface area (Å²) >= 11 is 0. The lowest BCUT2D eigenvalue weighted by Gasteiger charge is -2.10. The molecule has 0 amide bonds. The Labute approximate surface area is 158 Å². The van der Waals surface area contributed by atoms with Crippen LogP contribution in [0.4, 0.5) is 0 Å². The number of aliphatic imine (C=N–C) groups is 1. The number of halogens is 1. The van der Waals surface area contributed by atoms with E-state index in [0.29, 0.717) is 13.1 Å². The maximum absolute atomic E-state index is 5.33. The summed E-state index contributed by atoms with van der Waals surface area (Å²) < 4.78 is 5.33. The minimum absolute atomic E-state index is 0. The normalized spacial score (nSPS) is 11.1. The number of furan rings is 1. The maximum Gasteiger partial charge on any atom is 0.191 e. The van der Waals surface area contributed by atoms with Crippen LogP contribution < -0.4 is 10.6 Å². The summed E-state index contributed by atoms with van der Waals surface area (Å²) in [5.74, 6) is 1.64. The van der Waals surface area contributed by atoms with Gasteiger partial charge in [-0.25, -0.2) is 4.99 Å². The molecule has 0 aliphatic carbocycles. The van der Waals surface area contributed by atoms with E-state index in [9.17, 15) is 0 Å². The van der Waals surface area contributed by atoms with Gasteiger partial charge in [-0.15, -0.1) is 24.0 Å². The fraction of sp³-hybridized carbons (Fsp3) is 0.222. The van der Waals surface area contributed by atoms with E-state index >= 15 is 0 Å². The lowest BCUT2D eigenvalue weighted by Crippen LogP contribution is -2.36. The van der Waals surface area contributed by atoms with Crippen molar-refractivity contribution in [1.29, 1.82) is 0 Å². The highest BCUT2D eigenvalue weighted by molar-refractivity contribution is 14.0. The summed E-state index contributed by atoms with van der Waals surface area (Å²) in [6.07, 6.45) is 3.48. The second kappa shape index (κ2) is 9.27. The third-order valence-corrected chi connectivity index (χ3v) is 3.48. The van der Waals surface area contributed by atoms with Crippen LogP contribution in [0.5, 0.6) is 0 Å². The van der Waals surface area contributed by atoms with Crippen molar-refractivity contribution < 1.29 is 4.42 Å². The number of pyridine rings is 1. The van der Waals surface area contributed by atoms with Gasteiger partial charge in [0.05, 0.1) is 24.9 Å². The molecule has 24 heavy (non-hydrogen) atoms. The first-order valence-corrected chi connectivity index (χ1v) is 7.74. The van der Waals surface area contributed by atoms with E-state index in [0.717, 1.165) is 34.7 Å². The molecule has 0 aliphatic rings. The van der Waals surface area contributed by atoms with Crippen LogP contribution in [0.3, 0.4) is 0 Å². The van der Waals surface area contributed by atoms with Gasteiger partial charge in [-0.1, -0.05) is 24.3 Å². The molecule has 0 saturated carbocycles. The zero-order chi connectivity index (χ0) is 15.9. The van der Waals surface area contributed by atoms with Crippen LogP contribution >= 0.6 is 24.0 Å². The first-order chi connectivity index (χ1) is 11.4. The number of para-hydroxylation sites is 1. The quantitative estimate of drug-likeness (QED) is 0.364. The van der Waals surface area contributed by atoms with Crippen LogP contribution in [0, 0.1) is 0 Å². The molecule has 2 heterocycles. The highest BCUT2D eigenvalue weighted by Crippen LogP contribution is 2.16. The summed E-state index contributed by atoms with van der Waals surface area (Å²) in [6, 6.07) is 14.0. The standard InChI is InChI=1S/C18H20N4O.HI/c1-2-19-18(22-13-16-9-5-11-23-16)21-12-15-7-3-6-14-8-4-10-20-17(14)15;/h3-11H,2,12-13H2,1H3,(H2,19,21,22);1H. The lowest BCUT2D eigenvalue weighted by atomic mass is 10.1. The van der Waals surface area contributed by atoms with Crippen LogP contribution in [0.25, 0.3) is 10.9 Å². The molecule has 5 nitrogen and oxygen atoms in total. The van der Waals surface area contributed by atoms with Gasteiger partial charge in [0, 0.05) is 18.1 Å². The Morgan fingerprint density at radius 3 is 2.79 bits per heavy atom. The van der Waals surface area contributed by atoms with Gasteiger partial charge in [-0.2, -0.15) is 0 Å². The molecule has 0 fully saturated rings.